The van der Waals surface area contributed by atoms with Gasteiger partial charge < -0.3 is 0 Å². The van der Waals surface area contributed by atoms with Crippen molar-refractivity contribution in [1.82, 2.24) is 19.6 Å². The Hall–Kier alpha value is -2.10. The molecule has 0 saturated heterocycles. The molecule has 0 unspecified atom stereocenters. The van der Waals surface area contributed by atoms with Crippen LogP contribution in [0.2, 0.25) is 0 Å². The molecule has 4 rings (SSSR count). The van der Waals surface area contributed by atoms with Gasteiger partial charge in [0.1, 0.15) is 5.69 Å². The van der Waals surface area contributed by atoms with Crippen molar-refractivity contribution < 1.29 is 0 Å². The summed E-state index contributed by atoms with van der Waals surface area (Å²) < 4.78 is 3.79. The summed E-state index contributed by atoms with van der Waals surface area (Å²) in [5.41, 5.74) is 3.97. The molecule has 1 aliphatic rings. The summed E-state index contributed by atoms with van der Waals surface area (Å²) in [6, 6.07) is 6.75. The minimum atomic E-state index is 0.359. The van der Waals surface area contributed by atoms with Gasteiger partial charge in [-0.1, -0.05) is 25.5 Å². The zero-order valence-corrected chi connectivity index (χ0v) is 11.9. The minimum Gasteiger partial charge on any atom is -0.274 e. The molecule has 0 amide bonds. The molecular weight excluding hydrogens is 248 g/mol. The van der Waals surface area contributed by atoms with Crippen LogP contribution in [0.1, 0.15) is 31.7 Å². The Balaban J connectivity index is 1.88. The van der Waals surface area contributed by atoms with E-state index in [0.717, 1.165) is 5.69 Å². The first-order valence-corrected chi connectivity index (χ1v) is 7.13. The standard InChI is InChI=1S/C16H18N4/c1-16(6-3-7-16)13-5-4-12-9-18-20(15(12)8-13)14-10-17-19(2)11-14/h4-5,8-11H,3,6-7H2,1-2H3. The summed E-state index contributed by atoms with van der Waals surface area (Å²) in [4.78, 5) is 0. The Morgan fingerprint density at radius 3 is 2.65 bits per heavy atom. The quantitative estimate of drug-likeness (QED) is 0.714. The molecule has 0 bridgehead atoms. The molecule has 0 aliphatic heterocycles. The molecule has 4 heteroatoms. The summed E-state index contributed by atoms with van der Waals surface area (Å²) >= 11 is 0. The van der Waals surface area contributed by atoms with Crippen LogP contribution in [0, 0.1) is 0 Å². The molecule has 0 radical (unpaired) electrons. The van der Waals surface area contributed by atoms with Crippen LogP contribution in [-0.4, -0.2) is 19.6 Å². The van der Waals surface area contributed by atoms with Crippen LogP contribution in [0.25, 0.3) is 16.6 Å². The molecule has 1 fully saturated rings. The Bertz CT molecular complexity index is 777. The molecule has 102 valence electrons. The van der Waals surface area contributed by atoms with E-state index in [1.165, 1.54) is 35.7 Å². The van der Waals surface area contributed by atoms with Crippen LogP contribution in [0.15, 0.2) is 36.8 Å². The third-order valence-corrected chi connectivity index (χ3v) is 4.66. The fourth-order valence-electron chi connectivity index (χ4n) is 3.11. The topological polar surface area (TPSA) is 35.6 Å². The fraction of sp³-hybridized carbons (Fsp3) is 0.375. The van der Waals surface area contributed by atoms with Gasteiger partial charge >= 0.3 is 0 Å². The van der Waals surface area contributed by atoms with Crippen molar-refractivity contribution in [3.8, 4) is 5.69 Å². The number of nitrogens with zero attached hydrogens (tertiary/aromatic N) is 4. The molecule has 0 N–H and O–H groups in total. The Labute approximate surface area is 118 Å². The molecule has 1 aromatic carbocycles. The normalized spacial score (nSPS) is 17.3. The lowest BCUT2D eigenvalue weighted by atomic mass is 9.66. The van der Waals surface area contributed by atoms with Crippen LogP contribution in [0.5, 0.6) is 0 Å². The molecule has 1 aliphatic carbocycles. The molecule has 0 atom stereocenters. The van der Waals surface area contributed by atoms with Gasteiger partial charge in [-0.25, -0.2) is 4.68 Å². The summed E-state index contributed by atoms with van der Waals surface area (Å²) in [6.07, 6.45) is 9.69. The second-order valence-corrected chi connectivity index (χ2v) is 6.12. The maximum atomic E-state index is 4.51. The summed E-state index contributed by atoms with van der Waals surface area (Å²) in [5.74, 6) is 0. The van der Waals surface area contributed by atoms with Gasteiger partial charge in [0.2, 0.25) is 0 Å². The molecule has 0 spiro atoms. The van der Waals surface area contributed by atoms with Crippen molar-refractivity contribution in [2.24, 2.45) is 7.05 Å². The molecule has 3 aromatic rings. The molecule has 20 heavy (non-hydrogen) atoms. The largest absolute Gasteiger partial charge is 0.274 e. The van der Waals surface area contributed by atoms with Gasteiger partial charge in [0.15, 0.2) is 0 Å². The van der Waals surface area contributed by atoms with Crippen LogP contribution in [-0.2, 0) is 12.5 Å². The van der Waals surface area contributed by atoms with Gasteiger partial charge in [0, 0.05) is 12.4 Å². The SMILES string of the molecule is Cn1cc(-n2ncc3ccc(C4(C)CCC4)cc32)cn1. The van der Waals surface area contributed by atoms with Gasteiger partial charge in [0.05, 0.1) is 24.1 Å². The first-order valence-electron chi connectivity index (χ1n) is 7.13. The smallest absolute Gasteiger partial charge is 0.103 e. The second kappa shape index (κ2) is 3.95. The van der Waals surface area contributed by atoms with Crippen LogP contribution < -0.4 is 0 Å². The average molecular weight is 266 g/mol. The number of benzene rings is 1. The molecule has 4 nitrogen and oxygen atoms in total. The highest BCUT2D eigenvalue weighted by atomic mass is 15.3. The molecular formula is C16H18N4. The van der Waals surface area contributed by atoms with E-state index in [-0.39, 0.29) is 0 Å². The van der Waals surface area contributed by atoms with Crippen molar-refractivity contribution >= 4 is 10.9 Å². The van der Waals surface area contributed by atoms with Gasteiger partial charge in [-0.3, -0.25) is 4.68 Å². The van der Waals surface area contributed by atoms with Gasteiger partial charge in [0.25, 0.3) is 0 Å². The Morgan fingerprint density at radius 1 is 1.15 bits per heavy atom. The predicted octanol–water partition coefficient (Wildman–Crippen LogP) is 3.20. The molecule has 1 saturated carbocycles. The van der Waals surface area contributed by atoms with Crippen molar-refractivity contribution in [3.63, 3.8) is 0 Å². The van der Waals surface area contributed by atoms with Crippen molar-refractivity contribution in [2.75, 3.05) is 0 Å². The third kappa shape index (κ3) is 1.60. The third-order valence-electron chi connectivity index (χ3n) is 4.66. The maximum absolute atomic E-state index is 4.51. The van der Waals surface area contributed by atoms with Crippen molar-refractivity contribution in [3.05, 3.63) is 42.4 Å². The highest BCUT2D eigenvalue weighted by Gasteiger charge is 2.33. The summed E-state index contributed by atoms with van der Waals surface area (Å²) in [5, 5.41) is 9.92. The van der Waals surface area contributed by atoms with Crippen molar-refractivity contribution in [2.45, 2.75) is 31.6 Å². The van der Waals surface area contributed by atoms with E-state index in [0.29, 0.717) is 5.41 Å². The van der Waals surface area contributed by atoms with Crippen LogP contribution >= 0.6 is 0 Å². The van der Waals surface area contributed by atoms with Crippen LogP contribution in [0.3, 0.4) is 0 Å². The van der Waals surface area contributed by atoms with E-state index < -0.39 is 0 Å². The lowest BCUT2D eigenvalue weighted by molar-refractivity contribution is 0.272. The first kappa shape index (κ1) is 11.7. The van der Waals surface area contributed by atoms with E-state index in [1.807, 2.05) is 30.3 Å². The lowest BCUT2D eigenvalue weighted by Gasteiger charge is -2.39. The first-order chi connectivity index (χ1) is 9.66. The highest BCUT2D eigenvalue weighted by molar-refractivity contribution is 5.81. The van der Waals surface area contributed by atoms with E-state index in [9.17, 15) is 0 Å². The summed E-state index contributed by atoms with van der Waals surface area (Å²) in [6.45, 7) is 2.36. The fourth-order valence-corrected chi connectivity index (χ4v) is 3.11. The van der Waals surface area contributed by atoms with Crippen LogP contribution in [0.4, 0.5) is 0 Å². The minimum absolute atomic E-state index is 0.359. The number of fused-ring (bicyclic) bond motifs is 1. The molecule has 2 heterocycles. The van der Waals surface area contributed by atoms with Gasteiger partial charge in [-0.05, 0) is 29.9 Å². The molecule has 2 aromatic heterocycles. The average Bonchev–Trinajstić information content (AvgIpc) is 3.01. The Kier molecular flexibility index (Phi) is 2.31. The monoisotopic (exact) mass is 266 g/mol. The van der Waals surface area contributed by atoms with Crippen molar-refractivity contribution in [1.29, 1.82) is 0 Å². The van der Waals surface area contributed by atoms with Gasteiger partial charge in [-0.15, -0.1) is 0 Å². The van der Waals surface area contributed by atoms with E-state index in [4.69, 9.17) is 0 Å². The number of aryl methyl sites for hydroxylation is 1. The number of hydrogen-bond acceptors (Lipinski definition) is 2. The highest BCUT2D eigenvalue weighted by Crippen LogP contribution is 2.43. The number of rotatable bonds is 2. The second-order valence-electron chi connectivity index (χ2n) is 6.12. The zero-order valence-electron chi connectivity index (χ0n) is 11.9. The van der Waals surface area contributed by atoms with Gasteiger partial charge in [-0.2, -0.15) is 10.2 Å². The maximum Gasteiger partial charge on any atom is 0.103 e. The summed E-state index contributed by atoms with van der Waals surface area (Å²) in [7, 11) is 1.93. The predicted molar refractivity (Wildman–Crippen MR) is 79.0 cm³/mol. The number of hydrogen-bond donors (Lipinski definition) is 0. The van der Waals surface area contributed by atoms with E-state index >= 15 is 0 Å². The zero-order chi connectivity index (χ0) is 13.7. The lowest BCUT2D eigenvalue weighted by Crippen LogP contribution is -2.30. The van der Waals surface area contributed by atoms with E-state index in [1.54, 1.807) is 4.68 Å². The van der Waals surface area contributed by atoms with E-state index in [2.05, 4.69) is 35.3 Å². The Morgan fingerprint density at radius 2 is 2.00 bits per heavy atom. The number of aromatic nitrogens is 4.